The Morgan fingerprint density at radius 2 is 2.12 bits per heavy atom. The van der Waals surface area contributed by atoms with Crippen molar-refractivity contribution >= 4 is 21.4 Å². The summed E-state index contributed by atoms with van der Waals surface area (Å²) in [7, 11) is -1.07. The van der Waals surface area contributed by atoms with Crippen LogP contribution in [0.5, 0.6) is 0 Å². The van der Waals surface area contributed by atoms with Crippen molar-refractivity contribution in [3.8, 4) is 0 Å². The standard InChI is InChI=1S/C10H18ClN3O2S/c1-8-9(10(11)14(2)13-8)7-12-5-4-6-17(3,15)16/h12H,4-7H2,1-3H3. The fourth-order valence-corrected chi connectivity index (χ4v) is 2.46. The number of hydrogen-bond acceptors (Lipinski definition) is 4. The molecule has 7 heteroatoms. The number of aromatic nitrogens is 2. The van der Waals surface area contributed by atoms with Gasteiger partial charge in [0.1, 0.15) is 15.0 Å². The SMILES string of the molecule is Cc1nn(C)c(Cl)c1CNCCCS(C)(=O)=O. The van der Waals surface area contributed by atoms with Gasteiger partial charge in [0.05, 0.1) is 11.4 Å². The second kappa shape index (κ2) is 5.84. The Morgan fingerprint density at radius 1 is 1.47 bits per heavy atom. The smallest absolute Gasteiger partial charge is 0.147 e. The van der Waals surface area contributed by atoms with Crippen LogP contribution in [0.1, 0.15) is 17.7 Å². The minimum Gasteiger partial charge on any atom is -0.312 e. The average molecular weight is 280 g/mol. The lowest BCUT2D eigenvalue weighted by atomic mass is 10.2. The average Bonchev–Trinajstić information content (AvgIpc) is 2.42. The van der Waals surface area contributed by atoms with Crippen molar-refractivity contribution in [2.45, 2.75) is 19.9 Å². The van der Waals surface area contributed by atoms with E-state index in [1.54, 1.807) is 11.7 Å². The molecule has 1 aromatic rings. The summed E-state index contributed by atoms with van der Waals surface area (Å²) in [6.45, 7) is 3.17. The van der Waals surface area contributed by atoms with Gasteiger partial charge in [0.25, 0.3) is 0 Å². The van der Waals surface area contributed by atoms with Gasteiger partial charge in [-0.25, -0.2) is 8.42 Å². The molecule has 0 saturated heterocycles. The predicted molar refractivity (Wildman–Crippen MR) is 69.0 cm³/mol. The van der Waals surface area contributed by atoms with Crippen LogP contribution in [0, 0.1) is 6.92 Å². The summed E-state index contributed by atoms with van der Waals surface area (Å²) < 4.78 is 23.5. The Bertz CT molecular complexity index is 482. The first-order valence-electron chi connectivity index (χ1n) is 5.37. The zero-order chi connectivity index (χ0) is 13.1. The molecule has 1 N–H and O–H groups in total. The van der Waals surface area contributed by atoms with Crippen LogP contribution in [0.2, 0.25) is 5.15 Å². The van der Waals surface area contributed by atoms with Crippen LogP contribution in [0.4, 0.5) is 0 Å². The molecule has 17 heavy (non-hydrogen) atoms. The molecule has 0 aliphatic rings. The first-order valence-corrected chi connectivity index (χ1v) is 7.81. The lowest BCUT2D eigenvalue weighted by Gasteiger charge is -2.04. The van der Waals surface area contributed by atoms with Gasteiger partial charge in [-0.3, -0.25) is 4.68 Å². The molecule has 1 aromatic heterocycles. The maximum Gasteiger partial charge on any atom is 0.147 e. The molecule has 0 spiro atoms. The Labute approximate surface area is 107 Å². The van der Waals surface area contributed by atoms with E-state index in [1.165, 1.54) is 6.26 Å². The molecule has 0 bridgehead atoms. The fraction of sp³-hybridized carbons (Fsp3) is 0.700. The van der Waals surface area contributed by atoms with E-state index >= 15 is 0 Å². The van der Waals surface area contributed by atoms with Gasteiger partial charge in [0.2, 0.25) is 0 Å². The van der Waals surface area contributed by atoms with Crippen LogP contribution in [-0.2, 0) is 23.4 Å². The lowest BCUT2D eigenvalue weighted by Crippen LogP contribution is -2.18. The third kappa shape index (κ3) is 4.65. The van der Waals surface area contributed by atoms with Crippen molar-refractivity contribution in [1.82, 2.24) is 15.1 Å². The first-order chi connectivity index (χ1) is 7.81. The third-order valence-corrected chi connectivity index (χ3v) is 3.94. The van der Waals surface area contributed by atoms with Gasteiger partial charge >= 0.3 is 0 Å². The highest BCUT2D eigenvalue weighted by Gasteiger charge is 2.10. The van der Waals surface area contributed by atoms with Crippen molar-refractivity contribution in [2.75, 3.05) is 18.6 Å². The van der Waals surface area contributed by atoms with Gasteiger partial charge in [0, 0.05) is 25.4 Å². The number of nitrogens with one attached hydrogen (secondary N) is 1. The van der Waals surface area contributed by atoms with Gasteiger partial charge in [-0.2, -0.15) is 5.10 Å². The summed E-state index contributed by atoms with van der Waals surface area (Å²) in [5, 5.41) is 7.99. The predicted octanol–water partition coefficient (Wildman–Crippen LogP) is 0.906. The lowest BCUT2D eigenvalue weighted by molar-refractivity contribution is 0.594. The molecule has 0 amide bonds. The van der Waals surface area contributed by atoms with Crippen LogP contribution >= 0.6 is 11.6 Å². The van der Waals surface area contributed by atoms with Crippen molar-refractivity contribution in [2.24, 2.45) is 7.05 Å². The number of halogens is 1. The normalized spacial score (nSPS) is 12.0. The van der Waals surface area contributed by atoms with E-state index in [4.69, 9.17) is 11.6 Å². The minimum atomic E-state index is -2.86. The highest BCUT2D eigenvalue weighted by molar-refractivity contribution is 7.90. The number of rotatable bonds is 6. The van der Waals surface area contributed by atoms with Crippen molar-refractivity contribution < 1.29 is 8.42 Å². The van der Waals surface area contributed by atoms with Crippen molar-refractivity contribution in [1.29, 1.82) is 0 Å². The molecule has 0 saturated carbocycles. The van der Waals surface area contributed by atoms with E-state index in [-0.39, 0.29) is 5.75 Å². The van der Waals surface area contributed by atoms with E-state index in [2.05, 4.69) is 10.4 Å². The molecule has 0 radical (unpaired) electrons. The highest BCUT2D eigenvalue weighted by Crippen LogP contribution is 2.17. The van der Waals surface area contributed by atoms with E-state index in [9.17, 15) is 8.42 Å². The maximum atomic E-state index is 10.9. The Balaban J connectivity index is 2.37. The van der Waals surface area contributed by atoms with Gasteiger partial charge < -0.3 is 5.32 Å². The molecular weight excluding hydrogens is 262 g/mol. The number of aryl methyl sites for hydroxylation is 2. The molecule has 0 aromatic carbocycles. The first kappa shape index (κ1) is 14.5. The van der Waals surface area contributed by atoms with E-state index in [0.717, 1.165) is 11.3 Å². The van der Waals surface area contributed by atoms with E-state index < -0.39 is 9.84 Å². The summed E-state index contributed by atoms with van der Waals surface area (Å²) in [6, 6.07) is 0. The largest absolute Gasteiger partial charge is 0.312 e. The molecule has 1 heterocycles. The zero-order valence-corrected chi connectivity index (χ0v) is 11.9. The third-order valence-electron chi connectivity index (χ3n) is 2.44. The summed E-state index contributed by atoms with van der Waals surface area (Å²) in [5.41, 5.74) is 1.86. The van der Waals surface area contributed by atoms with Crippen LogP contribution in [-0.4, -0.2) is 36.8 Å². The van der Waals surface area contributed by atoms with Gasteiger partial charge in [-0.15, -0.1) is 0 Å². The molecule has 5 nitrogen and oxygen atoms in total. The number of sulfone groups is 1. The molecular formula is C10H18ClN3O2S. The molecule has 0 aliphatic heterocycles. The Kier molecular flexibility index (Phi) is 4.97. The summed E-state index contributed by atoms with van der Waals surface area (Å²) >= 11 is 6.06. The molecule has 0 fully saturated rings. The van der Waals surface area contributed by atoms with Crippen LogP contribution < -0.4 is 5.32 Å². The Morgan fingerprint density at radius 3 is 2.59 bits per heavy atom. The van der Waals surface area contributed by atoms with Crippen molar-refractivity contribution in [3.05, 3.63) is 16.4 Å². The summed E-state index contributed by atoms with van der Waals surface area (Å²) in [6.07, 6.45) is 1.85. The monoisotopic (exact) mass is 279 g/mol. The van der Waals surface area contributed by atoms with Crippen LogP contribution in [0.25, 0.3) is 0 Å². The topological polar surface area (TPSA) is 64.0 Å². The quantitative estimate of drug-likeness (QED) is 0.786. The molecule has 0 atom stereocenters. The second-order valence-corrected chi connectivity index (χ2v) is 6.76. The van der Waals surface area contributed by atoms with Crippen LogP contribution in [0.15, 0.2) is 0 Å². The molecule has 0 aliphatic carbocycles. The molecule has 98 valence electrons. The minimum absolute atomic E-state index is 0.208. The van der Waals surface area contributed by atoms with E-state index in [0.29, 0.717) is 24.7 Å². The fourth-order valence-electron chi connectivity index (χ4n) is 1.55. The van der Waals surface area contributed by atoms with Gasteiger partial charge in [0.15, 0.2) is 0 Å². The summed E-state index contributed by atoms with van der Waals surface area (Å²) in [4.78, 5) is 0. The highest BCUT2D eigenvalue weighted by atomic mass is 35.5. The van der Waals surface area contributed by atoms with Gasteiger partial charge in [-0.05, 0) is 19.9 Å². The van der Waals surface area contributed by atoms with E-state index in [1.807, 2.05) is 6.92 Å². The van der Waals surface area contributed by atoms with Gasteiger partial charge in [-0.1, -0.05) is 11.6 Å². The molecule has 1 rings (SSSR count). The van der Waals surface area contributed by atoms with Crippen LogP contribution in [0.3, 0.4) is 0 Å². The summed E-state index contributed by atoms with van der Waals surface area (Å²) in [5.74, 6) is 0.208. The van der Waals surface area contributed by atoms with Crippen molar-refractivity contribution in [3.63, 3.8) is 0 Å². The number of nitrogens with zero attached hydrogens (tertiary/aromatic N) is 2. The number of hydrogen-bond donors (Lipinski definition) is 1. The Hall–Kier alpha value is -0.590. The second-order valence-electron chi connectivity index (χ2n) is 4.14. The zero-order valence-electron chi connectivity index (χ0n) is 10.3. The molecule has 0 unspecified atom stereocenters. The maximum absolute atomic E-state index is 10.9.